The van der Waals surface area contributed by atoms with Crippen molar-refractivity contribution in [3.63, 3.8) is 0 Å². The molecule has 88 valence electrons. The van der Waals surface area contributed by atoms with Gasteiger partial charge in [0.2, 0.25) is 0 Å². The third-order valence-electron chi connectivity index (χ3n) is 2.58. The van der Waals surface area contributed by atoms with Crippen LogP contribution in [0.3, 0.4) is 0 Å². The second-order valence-electron chi connectivity index (χ2n) is 4.03. The van der Waals surface area contributed by atoms with Gasteiger partial charge in [-0.25, -0.2) is 9.97 Å². The maximum Gasteiger partial charge on any atom is 0.135 e. The average Bonchev–Trinajstić information content (AvgIpc) is 3.04. The molecule has 0 aromatic carbocycles. The summed E-state index contributed by atoms with van der Waals surface area (Å²) in [5.74, 6) is 2.39. The van der Waals surface area contributed by atoms with Crippen molar-refractivity contribution < 1.29 is 0 Å². The van der Waals surface area contributed by atoms with Crippen LogP contribution in [-0.2, 0) is 6.54 Å². The molecule has 0 atom stereocenters. The number of aromatic nitrogens is 3. The fourth-order valence-corrected chi connectivity index (χ4v) is 2.49. The van der Waals surface area contributed by atoms with E-state index >= 15 is 0 Å². The molecule has 0 radical (unpaired) electrons. The van der Waals surface area contributed by atoms with Crippen LogP contribution in [0.1, 0.15) is 29.5 Å². The maximum atomic E-state index is 4.53. The summed E-state index contributed by atoms with van der Waals surface area (Å²) < 4.78 is 0.848. The summed E-state index contributed by atoms with van der Waals surface area (Å²) in [5, 5.41) is 3.30. The summed E-state index contributed by atoms with van der Waals surface area (Å²) in [6.07, 6.45) is 4.30. The zero-order valence-electron chi connectivity index (χ0n) is 9.06. The Labute approximate surface area is 112 Å². The molecule has 6 heteroatoms. The predicted octanol–water partition coefficient (Wildman–Crippen LogP) is 3.19. The molecule has 0 unspecified atom stereocenters. The number of hydrogen-bond acceptors (Lipinski definition) is 5. The zero-order valence-corrected chi connectivity index (χ0v) is 11.5. The molecule has 1 aliphatic rings. The number of nitrogens with one attached hydrogen (secondary N) is 1. The first kappa shape index (κ1) is 11.1. The molecule has 1 fully saturated rings. The molecule has 0 aliphatic heterocycles. The van der Waals surface area contributed by atoms with E-state index in [2.05, 4.69) is 36.2 Å². The SMILES string of the molecule is Brc1cc(NCc2cncs2)nc(C2CC2)n1. The summed E-state index contributed by atoms with van der Waals surface area (Å²) in [4.78, 5) is 14.2. The van der Waals surface area contributed by atoms with Crippen LogP contribution in [0.4, 0.5) is 5.82 Å². The van der Waals surface area contributed by atoms with E-state index in [1.165, 1.54) is 17.7 Å². The molecule has 2 heterocycles. The Morgan fingerprint density at radius 1 is 1.41 bits per heavy atom. The summed E-state index contributed by atoms with van der Waals surface area (Å²) in [5.41, 5.74) is 1.84. The molecular formula is C11H11BrN4S. The van der Waals surface area contributed by atoms with Gasteiger partial charge < -0.3 is 5.32 Å². The van der Waals surface area contributed by atoms with Crippen LogP contribution in [0, 0.1) is 0 Å². The lowest BCUT2D eigenvalue weighted by atomic mass is 10.4. The molecule has 0 spiro atoms. The third-order valence-corrected chi connectivity index (χ3v) is 3.77. The summed E-state index contributed by atoms with van der Waals surface area (Å²) >= 11 is 5.07. The van der Waals surface area contributed by atoms with Crippen molar-refractivity contribution in [1.82, 2.24) is 15.0 Å². The van der Waals surface area contributed by atoms with Gasteiger partial charge in [0.05, 0.1) is 12.1 Å². The van der Waals surface area contributed by atoms with Gasteiger partial charge in [0.1, 0.15) is 16.2 Å². The van der Waals surface area contributed by atoms with Gasteiger partial charge >= 0.3 is 0 Å². The Morgan fingerprint density at radius 2 is 2.29 bits per heavy atom. The first-order valence-electron chi connectivity index (χ1n) is 5.47. The van der Waals surface area contributed by atoms with Crippen LogP contribution in [-0.4, -0.2) is 15.0 Å². The lowest BCUT2D eigenvalue weighted by molar-refractivity contribution is 0.911. The van der Waals surface area contributed by atoms with Gasteiger partial charge in [-0.15, -0.1) is 11.3 Å². The van der Waals surface area contributed by atoms with Gasteiger partial charge in [0, 0.05) is 23.1 Å². The van der Waals surface area contributed by atoms with E-state index in [-0.39, 0.29) is 0 Å². The van der Waals surface area contributed by atoms with Crippen LogP contribution < -0.4 is 5.32 Å². The smallest absolute Gasteiger partial charge is 0.135 e. The minimum absolute atomic E-state index is 0.566. The minimum atomic E-state index is 0.566. The van der Waals surface area contributed by atoms with Crippen molar-refractivity contribution in [3.05, 3.63) is 33.1 Å². The van der Waals surface area contributed by atoms with Gasteiger partial charge in [0.25, 0.3) is 0 Å². The Bertz CT molecular complexity index is 510. The molecule has 2 aromatic rings. The molecule has 0 bridgehead atoms. The molecule has 0 amide bonds. The largest absolute Gasteiger partial charge is 0.365 e. The molecule has 2 aromatic heterocycles. The lowest BCUT2D eigenvalue weighted by Gasteiger charge is -2.06. The van der Waals surface area contributed by atoms with E-state index in [4.69, 9.17) is 0 Å². The van der Waals surface area contributed by atoms with Gasteiger partial charge in [-0.1, -0.05) is 0 Å². The Kier molecular flexibility index (Phi) is 3.07. The highest BCUT2D eigenvalue weighted by atomic mass is 79.9. The third kappa shape index (κ3) is 2.81. The van der Waals surface area contributed by atoms with Gasteiger partial charge in [-0.3, -0.25) is 4.98 Å². The van der Waals surface area contributed by atoms with Crippen molar-refractivity contribution in [3.8, 4) is 0 Å². The molecule has 1 saturated carbocycles. The fourth-order valence-electron chi connectivity index (χ4n) is 1.56. The number of hydrogen-bond donors (Lipinski definition) is 1. The first-order chi connectivity index (χ1) is 8.31. The predicted molar refractivity (Wildman–Crippen MR) is 71.1 cm³/mol. The Hall–Kier alpha value is -1.01. The molecule has 4 nitrogen and oxygen atoms in total. The normalized spacial score (nSPS) is 14.9. The monoisotopic (exact) mass is 310 g/mol. The topological polar surface area (TPSA) is 50.7 Å². The van der Waals surface area contributed by atoms with Crippen LogP contribution >= 0.6 is 27.3 Å². The van der Waals surface area contributed by atoms with Crippen molar-refractivity contribution >= 4 is 33.1 Å². The van der Waals surface area contributed by atoms with Gasteiger partial charge in [0.15, 0.2) is 0 Å². The standard InChI is InChI=1S/C11H11BrN4S/c12-9-3-10(14-5-8-4-13-6-17-8)16-11(15-9)7-1-2-7/h3-4,6-7H,1-2,5H2,(H,14,15,16). The first-order valence-corrected chi connectivity index (χ1v) is 7.14. The lowest BCUT2D eigenvalue weighted by Crippen LogP contribution is -2.03. The molecule has 17 heavy (non-hydrogen) atoms. The number of nitrogens with zero attached hydrogens (tertiary/aromatic N) is 3. The van der Waals surface area contributed by atoms with Crippen molar-refractivity contribution in [1.29, 1.82) is 0 Å². The summed E-state index contributed by atoms with van der Waals surface area (Å²) in [6, 6.07) is 1.91. The van der Waals surface area contributed by atoms with Gasteiger partial charge in [-0.2, -0.15) is 0 Å². The van der Waals surface area contributed by atoms with E-state index < -0.39 is 0 Å². The average molecular weight is 311 g/mol. The molecule has 0 saturated heterocycles. The van der Waals surface area contributed by atoms with Crippen molar-refractivity contribution in [2.45, 2.75) is 25.3 Å². The van der Waals surface area contributed by atoms with E-state index in [0.29, 0.717) is 5.92 Å². The van der Waals surface area contributed by atoms with E-state index in [9.17, 15) is 0 Å². The van der Waals surface area contributed by atoms with E-state index in [1.54, 1.807) is 11.3 Å². The van der Waals surface area contributed by atoms with Crippen LogP contribution in [0.2, 0.25) is 0 Å². The van der Waals surface area contributed by atoms with E-state index in [0.717, 1.165) is 22.8 Å². The Morgan fingerprint density at radius 3 is 3.00 bits per heavy atom. The molecular weight excluding hydrogens is 300 g/mol. The number of rotatable bonds is 4. The second-order valence-corrected chi connectivity index (χ2v) is 5.81. The maximum absolute atomic E-state index is 4.53. The van der Waals surface area contributed by atoms with E-state index in [1.807, 2.05) is 17.8 Å². The van der Waals surface area contributed by atoms with Crippen LogP contribution in [0.25, 0.3) is 0 Å². The van der Waals surface area contributed by atoms with Crippen molar-refractivity contribution in [2.24, 2.45) is 0 Å². The fraction of sp³-hybridized carbons (Fsp3) is 0.364. The summed E-state index contributed by atoms with van der Waals surface area (Å²) in [7, 11) is 0. The molecule has 1 N–H and O–H groups in total. The number of thiazole rings is 1. The highest BCUT2D eigenvalue weighted by molar-refractivity contribution is 9.10. The highest BCUT2D eigenvalue weighted by Gasteiger charge is 2.27. The highest BCUT2D eigenvalue weighted by Crippen LogP contribution is 2.38. The zero-order chi connectivity index (χ0) is 11.7. The summed E-state index contributed by atoms with van der Waals surface area (Å²) in [6.45, 7) is 0.762. The minimum Gasteiger partial charge on any atom is -0.365 e. The Balaban J connectivity index is 1.73. The van der Waals surface area contributed by atoms with Gasteiger partial charge in [-0.05, 0) is 28.8 Å². The number of anilines is 1. The molecule has 3 rings (SSSR count). The quantitative estimate of drug-likeness (QED) is 0.881. The second kappa shape index (κ2) is 4.70. The van der Waals surface area contributed by atoms with Crippen LogP contribution in [0.5, 0.6) is 0 Å². The van der Waals surface area contributed by atoms with Crippen molar-refractivity contribution in [2.75, 3.05) is 5.32 Å². The molecule has 1 aliphatic carbocycles. The van der Waals surface area contributed by atoms with Crippen LogP contribution in [0.15, 0.2) is 22.4 Å². The number of halogens is 1.